The van der Waals surface area contributed by atoms with Crippen LogP contribution in [0.15, 0.2) is 18.2 Å². The molecule has 0 bridgehead atoms. The van der Waals surface area contributed by atoms with Crippen LogP contribution in [0.25, 0.3) is 0 Å². The van der Waals surface area contributed by atoms with E-state index >= 15 is 0 Å². The molecule has 0 saturated heterocycles. The Morgan fingerprint density at radius 2 is 2.04 bits per heavy atom. The molecule has 2 amide bonds. The molecule has 1 aliphatic heterocycles. The number of fused-ring (bicyclic) bond motifs is 2. The van der Waals surface area contributed by atoms with Crippen molar-refractivity contribution in [3.8, 4) is 11.5 Å². The van der Waals surface area contributed by atoms with Gasteiger partial charge in [-0.15, -0.1) is 11.3 Å². The van der Waals surface area contributed by atoms with E-state index in [-0.39, 0.29) is 12.3 Å². The van der Waals surface area contributed by atoms with Crippen molar-refractivity contribution in [1.29, 1.82) is 0 Å². The summed E-state index contributed by atoms with van der Waals surface area (Å²) >= 11 is 1.48. The summed E-state index contributed by atoms with van der Waals surface area (Å²) in [4.78, 5) is 25.7. The normalized spacial score (nSPS) is 17.9. The summed E-state index contributed by atoms with van der Waals surface area (Å²) in [6.45, 7) is 3.24. The fourth-order valence-corrected chi connectivity index (χ4v) is 5.09. The van der Waals surface area contributed by atoms with Crippen molar-refractivity contribution in [3.05, 3.63) is 39.8 Å². The van der Waals surface area contributed by atoms with Crippen molar-refractivity contribution >= 4 is 28.2 Å². The number of benzene rings is 1. The zero-order chi connectivity index (χ0) is 19.0. The molecular weight excluding hydrogens is 364 g/mol. The molecule has 2 aromatic rings. The van der Waals surface area contributed by atoms with Gasteiger partial charge in [0.25, 0.3) is 5.91 Å². The highest BCUT2D eigenvalue weighted by Gasteiger charge is 2.27. The molecule has 2 aliphatic rings. The zero-order valence-electron chi connectivity index (χ0n) is 15.2. The molecule has 6 nitrogen and oxygen atoms in total. The summed E-state index contributed by atoms with van der Waals surface area (Å²) in [6.07, 6.45) is 2.99. The van der Waals surface area contributed by atoms with Gasteiger partial charge < -0.3 is 20.5 Å². The second kappa shape index (κ2) is 7.23. The number of nitrogens with two attached hydrogens (primary N) is 1. The van der Waals surface area contributed by atoms with Crippen LogP contribution >= 0.6 is 11.3 Å². The quantitative estimate of drug-likeness (QED) is 0.845. The highest BCUT2D eigenvalue weighted by molar-refractivity contribution is 7.17. The summed E-state index contributed by atoms with van der Waals surface area (Å²) in [5.41, 5.74) is 7.93. The highest BCUT2D eigenvalue weighted by atomic mass is 32.1. The topological polar surface area (TPSA) is 90.7 Å². The van der Waals surface area contributed by atoms with Crippen LogP contribution in [0.4, 0.5) is 5.00 Å². The molecule has 0 unspecified atom stereocenters. The summed E-state index contributed by atoms with van der Waals surface area (Å²) in [5.74, 6) is 1.28. The SMILES string of the molecule is C[C@H]1CCc2c(sc(NC(=O)Cc3ccc4c(c3)OCCO4)c2C(N)=O)C1. The Morgan fingerprint density at radius 3 is 2.81 bits per heavy atom. The van der Waals surface area contributed by atoms with Crippen LogP contribution in [0.1, 0.15) is 39.7 Å². The maximum absolute atomic E-state index is 12.6. The number of thiophene rings is 1. The molecule has 1 aromatic carbocycles. The van der Waals surface area contributed by atoms with Gasteiger partial charge in [-0.25, -0.2) is 0 Å². The van der Waals surface area contributed by atoms with Crippen molar-refractivity contribution in [2.75, 3.05) is 18.5 Å². The first-order valence-corrected chi connectivity index (χ1v) is 9.95. The largest absolute Gasteiger partial charge is 0.486 e. The summed E-state index contributed by atoms with van der Waals surface area (Å²) < 4.78 is 11.1. The van der Waals surface area contributed by atoms with Gasteiger partial charge in [-0.05, 0) is 48.4 Å². The number of anilines is 1. The lowest BCUT2D eigenvalue weighted by Gasteiger charge is -2.18. The van der Waals surface area contributed by atoms with Gasteiger partial charge in [0, 0.05) is 4.88 Å². The highest BCUT2D eigenvalue weighted by Crippen LogP contribution is 2.39. The summed E-state index contributed by atoms with van der Waals surface area (Å²) in [6, 6.07) is 5.49. The van der Waals surface area contributed by atoms with Crippen LogP contribution in [-0.4, -0.2) is 25.0 Å². The van der Waals surface area contributed by atoms with Crippen molar-refractivity contribution in [3.63, 3.8) is 0 Å². The minimum absolute atomic E-state index is 0.180. The molecule has 1 atom stereocenters. The average Bonchev–Trinajstić information content (AvgIpc) is 2.98. The first kappa shape index (κ1) is 17.9. The van der Waals surface area contributed by atoms with Crippen LogP contribution in [0, 0.1) is 5.92 Å². The third-order valence-corrected chi connectivity index (χ3v) is 6.15. The van der Waals surface area contributed by atoms with Gasteiger partial charge in [-0.3, -0.25) is 9.59 Å². The Balaban J connectivity index is 1.52. The third kappa shape index (κ3) is 3.64. The number of primary amides is 1. The van der Waals surface area contributed by atoms with Gasteiger partial charge in [0.15, 0.2) is 11.5 Å². The number of hydrogen-bond donors (Lipinski definition) is 2. The maximum atomic E-state index is 12.6. The monoisotopic (exact) mass is 386 g/mol. The third-order valence-electron chi connectivity index (χ3n) is 4.98. The number of carbonyl (C=O) groups is 2. The Kier molecular flexibility index (Phi) is 4.78. The Morgan fingerprint density at radius 1 is 1.26 bits per heavy atom. The molecule has 0 radical (unpaired) electrons. The molecule has 0 saturated carbocycles. The number of rotatable bonds is 4. The first-order valence-electron chi connectivity index (χ1n) is 9.14. The minimum atomic E-state index is -0.475. The smallest absolute Gasteiger partial charge is 0.251 e. The Hall–Kier alpha value is -2.54. The fraction of sp³-hybridized carbons (Fsp3) is 0.400. The molecule has 4 rings (SSSR count). The van der Waals surface area contributed by atoms with Gasteiger partial charge in [0.05, 0.1) is 12.0 Å². The van der Waals surface area contributed by atoms with Gasteiger partial charge in [0.2, 0.25) is 5.91 Å². The predicted octanol–water partition coefficient (Wildman–Crippen LogP) is 2.92. The van der Waals surface area contributed by atoms with Gasteiger partial charge in [0.1, 0.15) is 18.2 Å². The zero-order valence-corrected chi connectivity index (χ0v) is 16.0. The molecule has 27 heavy (non-hydrogen) atoms. The van der Waals surface area contributed by atoms with E-state index < -0.39 is 5.91 Å². The van der Waals surface area contributed by atoms with E-state index in [1.165, 1.54) is 11.3 Å². The van der Waals surface area contributed by atoms with Gasteiger partial charge >= 0.3 is 0 Å². The van der Waals surface area contributed by atoms with E-state index in [2.05, 4.69) is 12.2 Å². The fourth-order valence-electron chi connectivity index (χ4n) is 3.65. The van der Waals surface area contributed by atoms with Crippen molar-refractivity contribution in [2.24, 2.45) is 11.7 Å². The van der Waals surface area contributed by atoms with Gasteiger partial charge in [-0.2, -0.15) is 0 Å². The van der Waals surface area contributed by atoms with Crippen LogP contribution in [-0.2, 0) is 24.1 Å². The van der Waals surface area contributed by atoms with E-state index in [0.717, 1.165) is 35.3 Å². The number of hydrogen-bond acceptors (Lipinski definition) is 5. The van der Waals surface area contributed by atoms with Crippen molar-refractivity contribution < 1.29 is 19.1 Å². The van der Waals surface area contributed by atoms with E-state index in [4.69, 9.17) is 15.2 Å². The number of amides is 2. The van der Waals surface area contributed by atoms with Crippen LogP contribution < -0.4 is 20.5 Å². The molecule has 3 N–H and O–H groups in total. The van der Waals surface area contributed by atoms with Crippen molar-refractivity contribution in [1.82, 2.24) is 0 Å². The Labute approximate surface area is 161 Å². The first-order chi connectivity index (χ1) is 13.0. The lowest BCUT2D eigenvalue weighted by molar-refractivity contribution is -0.115. The van der Waals surface area contributed by atoms with E-state index in [0.29, 0.717) is 41.2 Å². The minimum Gasteiger partial charge on any atom is -0.486 e. The van der Waals surface area contributed by atoms with Crippen LogP contribution in [0.5, 0.6) is 11.5 Å². The maximum Gasteiger partial charge on any atom is 0.251 e. The summed E-state index contributed by atoms with van der Waals surface area (Å²) in [5, 5.41) is 3.47. The van der Waals surface area contributed by atoms with Crippen LogP contribution in [0.3, 0.4) is 0 Å². The molecule has 0 spiro atoms. The number of carbonyl (C=O) groups excluding carboxylic acids is 2. The predicted molar refractivity (Wildman–Crippen MR) is 104 cm³/mol. The van der Waals surface area contributed by atoms with E-state index in [9.17, 15) is 9.59 Å². The standard InChI is InChI=1S/C20H22N2O4S/c1-11-2-4-13-16(8-11)27-20(18(13)19(21)24)22-17(23)10-12-3-5-14-15(9-12)26-7-6-25-14/h3,5,9,11H,2,4,6-8,10H2,1H3,(H2,21,24)(H,22,23)/t11-/m0/s1. The summed E-state index contributed by atoms with van der Waals surface area (Å²) in [7, 11) is 0. The number of nitrogens with one attached hydrogen (secondary N) is 1. The molecular formula is C20H22N2O4S. The lowest BCUT2D eigenvalue weighted by Crippen LogP contribution is -2.20. The second-order valence-corrected chi connectivity index (χ2v) is 8.23. The van der Waals surface area contributed by atoms with E-state index in [1.54, 1.807) is 0 Å². The molecule has 1 aliphatic carbocycles. The average molecular weight is 386 g/mol. The molecule has 0 fully saturated rings. The van der Waals surface area contributed by atoms with Gasteiger partial charge in [-0.1, -0.05) is 13.0 Å². The van der Waals surface area contributed by atoms with Crippen molar-refractivity contribution in [2.45, 2.75) is 32.6 Å². The Bertz CT molecular complexity index is 906. The number of ether oxygens (including phenoxy) is 2. The second-order valence-electron chi connectivity index (χ2n) is 7.12. The lowest BCUT2D eigenvalue weighted by atomic mass is 9.88. The molecule has 142 valence electrons. The molecule has 2 heterocycles. The van der Waals surface area contributed by atoms with E-state index in [1.807, 2.05) is 18.2 Å². The molecule has 7 heteroatoms. The van der Waals surface area contributed by atoms with Crippen LogP contribution in [0.2, 0.25) is 0 Å². The molecule has 1 aromatic heterocycles.